The highest BCUT2D eigenvalue weighted by Gasteiger charge is 1.99. The molecule has 0 atom stereocenters. The summed E-state index contributed by atoms with van der Waals surface area (Å²) >= 11 is 0. The second kappa shape index (κ2) is 7.98. The van der Waals surface area contributed by atoms with Crippen molar-refractivity contribution in [2.45, 2.75) is 6.92 Å². The molecule has 0 rings (SSSR count). The highest BCUT2D eigenvalue weighted by molar-refractivity contribution is 4.52. The third-order valence-electron chi connectivity index (χ3n) is 1.67. The van der Waals surface area contributed by atoms with Crippen LogP contribution < -0.4 is 0 Å². The van der Waals surface area contributed by atoms with E-state index in [2.05, 4.69) is 11.8 Å². The van der Waals surface area contributed by atoms with Crippen LogP contribution in [0.1, 0.15) is 6.92 Å². The Labute approximate surface area is 69.3 Å². The van der Waals surface area contributed by atoms with E-state index < -0.39 is 0 Å². The standard InChI is InChI=1S/C8H19NO2/c1-4-9(5-7-10-2)6-8-11-3/h4-8H2,1-3H3. The van der Waals surface area contributed by atoms with Gasteiger partial charge >= 0.3 is 0 Å². The summed E-state index contributed by atoms with van der Waals surface area (Å²) in [4.78, 5) is 2.30. The summed E-state index contributed by atoms with van der Waals surface area (Å²) in [6.07, 6.45) is 0. The molecule has 3 heteroatoms. The summed E-state index contributed by atoms with van der Waals surface area (Å²) in [5, 5.41) is 0. The maximum atomic E-state index is 4.97. The Kier molecular flexibility index (Phi) is 7.89. The first-order valence-electron chi connectivity index (χ1n) is 4.05. The Balaban J connectivity index is 3.25. The highest BCUT2D eigenvalue weighted by Crippen LogP contribution is 1.86. The molecule has 0 saturated heterocycles. The van der Waals surface area contributed by atoms with Crippen molar-refractivity contribution in [3.63, 3.8) is 0 Å². The van der Waals surface area contributed by atoms with Gasteiger partial charge in [-0.05, 0) is 6.54 Å². The molecule has 0 aliphatic rings. The first-order chi connectivity index (χ1) is 5.35. The van der Waals surface area contributed by atoms with E-state index >= 15 is 0 Å². The van der Waals surface area contributed by atoms with Crippen LogP contribution in [-0.4, -0.2) is 52.0 Å². The van der Waals surface area contributed by atoms with Gasteiger partial charge in [0, 0.05) is 27.3 Å². The van der Waals surface area contributed by atoms with Crippen molar-refractivity contribution in [3.05, 3.63) is 0 Å². The summed E-state index contributed by atoms with van der Waals surface area (Å²) in [6, 6.07) is 0. The van der Waals surface area contributed by atoms with Crippen LogP contribution in [0.5, 0.6) is 0 Å². The Bertz CT molecular complexity index is 70.5. The predicted molar refractivity (Wildman–Crippen MR) is 45.9 cm³/mol. The molecule has 3 nitrogen and oxygen atoms in total. The van der Waals surface area contributed by atoms with Gasteiger partial charge in [-0.1, -0.05) is 6.92 Å². The van der Waals surface area contributed by atoms with E-state index in [1.807, 2.05) is 0 Å². The third kappa shape index (κ3) is 6.28. The van der Waals surface area contributed by atoms with Crippen molar-refractivity contribution in [1.29, 1.82) is 0 Å². The number of hydrogen-bond acceptors (Lipinski definition) is 3. The minimum absolute atomic E-state index is 0.803. The van der Waals surface area contributed by atoms with E-state index in [-0.39, 0.29) is 0 Å². The largest absolute Gasteiger partial charge is 0.383 e. The fourth-order valence-corrected chi connectivity index (χ4v) is 0.869. The molecule has 68 valence electrons. The number of ether oxygens (including phenoxy) is 2. The maximum absolute atomic E-state index is 4.97. The minimum Gasteiger partial charge on any atom is -0.383 e. The van der Waals surface area contributed by atoms with E-state index in [0.717, 1.165) is 32.8 Å². The van der Waals surface area contributed by atoms with Gasteiger partial charge in [-0.25, -0.2) is 0 Å². The molecule has 11 heavy (non-hydrogen) atoms. The molecule has 0 unspecified atom stereocenters. The maximum Gasteiger partial charge on any atom is 0.0589 e. The summed E-state index contributed by atoms with van der Waals surface area (Å²) in [6.45, 7) is 6.81. The number of rotatable bonds is 7. The quantitative estimate of drug-likeness (QED) is 0.546. The molecule has 0 amide bonds. The minimum atomic E-state index is 0.803. The zero-order chi connectivity index (χ0) is 8.53. The molecule has 0 heterocycles. The van der Waals surface area contributed by atoms with Gasteiger partial charge in [-0.3, -0.25) is 4.90 Å². The Morgan fingerprint density at radius 1 is 1.00 bits per heavy atom. The van der Waals surface area contributed by atoms with Crippen LogP contribution in [0.2, 0.25) is 0 Å². The fourth-order valence-electron chi connectivity index (χ4n) is 0.869. The topological polar surface area (TPSA) is 21.7 Å². The second-order valence-electron chi connectivity index (χ2n) is 2.42. The van der Waals surface area contributed by atoms with E-state index in [4.69, 9.17) is 9.47 Å². The molecule has 0 radical (unpaired) electrons. The second-order valence-corrected chi connectivity index (χ2v) is 2.42. The van der Waals surface area contributed by atoms with Crippen LogP contribution in [0.15, 0.2) is 0 Å². The molecule has 0 fully saturated rings. The van der Waals surface area contributed by atoms with Gasteiger partial charge in [0.05, 0.1) is 13.2 Å². The zero-order valence-corrected chi connectivity index (χ0v) is 7.80. The fraction of sp³-hybridized carbons (Fsp3) is 1.00. The first kappa shape index (κ1) is 10.9. The van der Waals surface area contributed by atoms with E-state index in [0.29, 0.717) is 0 Å². The van der Waals surface area contributed by atoms with Gasteiger partial charge < -0.3 is 9.47 Å². The third-order valence-corrected chi connectivity index (χ3v) is 1.67. The average molecular weight is 161 g/mol. The summed E-state index contributed by atoms with van der Waals surface area (Å²) in [7, 11) is 3.45. The summed E-state index contributed by atoms with van der Waals surface area (Å²) in [5.41, 5.74) is 0. The summed E-state index contributed by atoms with van der Waals surface area (Å²) in [5.74, 6) is 0. The van der Waals surface area contributed by atoms with Gasteiger partial charge in [0.2, 0.25) is 0 Å². The van der Waals surface area contributed by atoms with Crippen molar-refractivity contribution < 1.29 is 9.47 Å². The average Bonchev–Trinajstić information content (AvgIpc) is 2.05. The van der Waals surface area contributed by atoms with Crippen LogP contribution in [0.3, 0.4) is 0 Å². The Hall–Kier alpha value is -0.120. The monoisotopic (exact) mass is 161 g/mol. The van der Waals surface area contributed by atoms with Crippen molar-refractivity contribution >= 4 is 0 Å². The van der Waals surface area contributed by atoms with Crippen molar-refractivity contribution in [3.8, 4) is 0 Å². The lowest BCUT2D eigenvalue weighted by Crippen LogP contribution is -2.30. The predicted octanol–water partition coefficient (Wildman–Crippen LogP) is 0.601. The molecule has 0 aromatic heterocycles. The van der Waals surface area contributed by atoms with Crippen molar-refractivity contribution in [2.75, 3.05) is 47.1 Å². The smallest absolute Gasteiger partial charge is 0.0589 e. The lowest BCUT2D eigenvalue weighted by Gasteiger charge is -2.18. The van der Waals surface area contributed by atoms with Crippen LogP contribution in [0.4, 0.5) is 0 Å². The molecule has 0 spiro atoms. The molecule has 0 aromatic carbocycles. The van der Waals surface area contributed by atoms with Crippen LogP contribution in [0, 0.1) is 0 Å². The number of nitrogens with zero attached hydrogens (tertiary/aromatic N) is 1. The number of methoxy groups -OCH3 is 2. The molecule has 0 bridgehead atoms. The van der Waals surface area contributed by atoms with Gasteiger partial charge in [0.25, 0.3) is 0 Å². The molecular formula is C8H19NO2. The van der Waals surface area contributed by atoms with E-state index in [9.17, 15) is 0 Å². The van der Waals surface area contributed by atoms with Gasteiger partial charge in [0.15, 0.2) is 0 Å². The highest BCUT2D eigenvalue weighted by atomic mass is 16.5. The van der Waals surface area contributed by atoms with Gasteiger partial charge in [-0.15, -0.1) is 0 Å². The molecule has 0 saturated carbocycles. The Morgan fingerprint density at radius 3 is 1.73 bits per heavy atom. The molecular weight excluding hydrogens is 142 g/mol. The van der Waals surface area contributed by atoms with Crippen LogP contribution >= 0.6 is 0 Å². The lowest BCUT2D eigenvalue weighted by molar-refractivity contribution is 0.117. The molecule has 0 aliphatic heterocycles. The first-order valence-corrected chi connectivity index (χ1v) is 4.05. The van der Waals surface area contributed by atoms with Crippen LogP contribution in [0.25, 0.3) is 0 Å². The molecule has 0 aromatic rings. The SMILES string of the molecule is CCN(CCOC)CCOC. The lowest BCUT2D eigenvalue weighted by atomic mass is 10.5. The number of hydrogen-bond donors (Lipinski definition) is 0. The normalized spacial score (nSPS) is 10.9. The van der Waals surface area contributed by atoms with Crippen molar-refractivity contribution in [2.24, 2.45) is 0 Å². The van der Waals surface area contributed by atoms with E-state index in [1.54, 1.807) is 14.2 Å². The van der Waals surface area contributed by atoms with Crippen LogP contribution in [-0.2, 0) is 9.47 Å². The Morgan fingerprint density at radius 2 is 1.45 bits per heavy atom. The molecule has 0 aliphatic carbocycles. The number of likely N-dealkylation sites (N-methyl/N-ethyl adjacent to an activating group) is 1. The van der Waals surface area contributed by atoms with E-state index in [1.165, 1.54) is 0 Å². The molecule has 0 N–H and O–H groups in total. The van der Waals surface area contributed by atoms with Gasteiger partial charge in [0.1, 0.15) is 0 Å². The zero-order valence-electron chi connectivity index (χ0n) is 7.80. The van der Waals surface area contributed by atoms with Gasteiger partial charge in [-0.2, -0.15) is 0 Å². The summed E-state index contributed by atoms with van der Waals surface area (Å²) < 4.78 is 9.94. The van der Waals surface area contributed by atoms with Crippen molar-refractivity contribution in [1.82, 2.24) is 4.90 Å².